The van der Waals surface area contributed by atoms with Gasteiger partial charge in [-0.1, -0.05) is 102 Å². The third kappa shape index (κ3) is 17.8. The van der Waals surface area contributed by atoms with Gasteiger partial charge in [0, 0.05) is 6.42 Å². The van der Waals surface area contributed by atoms with Gasteiger partial charge in [0.25, 0.3) is 0 Å². The zero-order valence-corrected chi connectivity index (χ0v) is 16.9. The van der Waals surface area contributed by atoms with E-state index in [9.17, 15) is 9.70 Å². The van der Waals surface area contributed by atoms with Crippen LogP contribution < -0.4 is 0 Å². The quantitative estimate of drug-likeness (QED) is 0.164. The summed E-state index contributed by atoms with van der Waals surface area (Å²) in [5.74, 6) is -0.304. The number of ether oxygens (including phenoxy) is 1. The highest BCUT2D eigenvalue weighted by molar-refractivity contribution is 5.69. The maximum atomic E-state index is 11.5. The molecule has 0 aromatic carbocycles. The van der Waals surface area contributed by atoms with E-state index in [1.165, 1.54) is 83.5 Å². The van der Waals surface area contributed by atoms with Gasteiger partial charge in [-0.15, -0.1) is 0 Å². The van der Waals surface area contributed by atoms with Crippen molar-refractivity contribution in [3.63, 3.8) is 0 Å². The molecule has 0 rings (SSSR count). The predicted octanol–water partition coefficient (Wildman–Crippen LogP) is 5.92. The van der Waals surface area contributed by atoms with Crippen LogP contribution in [0.3, 0.4) is 0 Å². The average Bonchev–Trinajstić information content (AvgIpc) is 2.65. The predicted molar refractivity (Wildman–Crippen MR) is 107 cm³/mol. The van der Waals surface area contributed by atoms with Crippen molar-refractivity contribution in [2.24, 2.45) is 5.18 Å². The molecular weight excluding hydrogens is 330 g/mol. The lowest BCUT2D eigenvalue weighted by Crippen LogP contribution is -2.20. The number of unbranched alkanes of at least 4 members (excludes halogenated alkanes) is 14. The Morgan fingerprint density at radius 2 is 1.23 bits per heavy atom. The molecule has 0 aliphatic carbocycles. The molecule has 0 aromatic rings. The molecule has 5 nitrogen and oxygen atoms in total. The van der Waals surface area contributed by atoms with Gasteiger partial charge in [-0.2, -0.15) is 4.91 Å². The fraction of sp³-hybridized carbons (Fsp3) is 0.952. The minimum atomic E-state index is -0.833. The van der Waals surface area contributed by atoms with E-state index in [2.05, 4.69) is 12.1 Å². The van der Waals surface area contributed by atoms with Gasteiger partial charge in [0.1, 0.15) is 12.6 Å². The third-order valence-corrected chi connectivity index (χ3v) is 4.78. The largest absolute Gasteiger partial charge is 0.463 e. The first-order chi connectivity index (χ1) is 12.7. The van der Waals surface area contributed by atoms with Crippen LogP contribution in [0.25, 0.3) is 0 Å². The van der Waals surface area contributed by atoms with Crippen molar-refractivity contribution in [1.29, 1.82) is 0 Å². The van der Waals surface area contributed by atoms with E-state index < -0.39 is 6.04 Å². The van der Waals surface area contributed by atoms with Crippen LogP contribution in [0.4, 0.5) is 0 Å². The number of rotatable bonds is 20. The number of aliphatic hydroxyl groups excluding tert-OH is 1. The molecule has 26 heavy (non-hydrogen) atoms. The monoisotopic (exact) mass is 371 g/mol. The van der Waals surface area contributed by atoms with Crippen molar-refractivity contribution in [2.75, 3.05) is 13.2 Å². The van der Waals surface area contributed by atoms with E-state index in [0.717, 1.165) is 12.8 Å². The Morgan fingerprint density at radius 1 is 0.808 bits per heavy atom. The molecule has 0 saturated heterocycles. The summed E-state index contributed by atoms with van der Waals surface area (Å²) in [6, 6.07) is -0.833. The van der Waals surface area contributed by atoms with E-state index in [1.54, 1.807) is 0 Å². The van der Waals surface area contributed by atoms with Crippen LogP contribution in [0, 0.1) is 4.91 Å². The van der Waals surface area contributed by atoms with Crippen LogP contribution in [0.1, 0.15) is 110 Å². The van der Waals surface area contributed by atoms with Gasteiger partial charge < -0.3 is 9.84 Å². The van der Waals surface area contributed by atoms with E-state index in [1.807, 2.05) is 0 Å². The highest BCUT2D eigenvalue weighted by atomic mass is 16.5. The van der Waals surface area contributed by atoms with Gasteiger partial charge in [-0.25, -0.2) is 0 Å². The normalized spacial score (nSPS) is 12.1. The summed E-state index contributed by atoms with van der Waals surface area (Å²) >= 11 is 0. The summed E-state index contributed by atoms with van der Waals surface area (Å²) in [5, 5.41) is 11.4. The molecule has 0 fully saturated rings. The van der Waals surface area contributed by atoms with Crippen LogP contribution in [0.5, 0.6) is 0 Å². The molecule has 5 heteroatoms. The van der Waals surface area contributed by atoms with Crippen molar-refractivity contribution >= 4 is 5.97 Å². The number of esters is 1. The van der Waals surface area contributed by atoms with E-state index in [0.29, 0.717) is 6.42 Å². The van der Waals surface area contributed by atoms with Gasteiger partial charge in [0.05, 0.1) is 6.61 Å². The highest BCUT2D eigenvalue weighted by Gasteiger charge is 2.10. The van der Waals surface area contributed by atoms with E-state index in [4.69, 9.17) is 9.84 Å². The van der Waals surface area contributed by atoms with Crippen molar-refractivity contribution in [2.45, 2.75) is 116 Å². The molecule has 0 spiro atoms. The zero-order valence-electron chi connectivity index (χ0n) is 16.9. The Kier molecular flexibility index (Phi) is 19.6. The number of hydrogen-bond donors (Lipinski definition) is 1. The smallest absolute Gasteiger partial charge is 0.305 e. The standard InChI is InChI=1S/C21H41NO4/c1-2-3-4-5-6-7-8-9-10-11-12-13-14-15-16-17-21(24)26-19-20(18-23)22-25/h20,23H,2-19H2,1H3. The van der Waals surface area contributed by atoms with Crippen molar-refractivity contribution in [3.05, 3.63) is 4.91 Å². The van der Waals surface area contributed by atoms with Gasteiger partial charge in [-0.05, 0) is 6.42 Å². The lowest BCUT2D eigenvalue weighted by molar-refractivity contribution is -0.144. The maximum absolute atomic E-state index is 11.5. The first kappa shape index (κ1) is 25.0. The van der Waals surface area contributed by atoms with Crippen LogP contribution in [-0.4, -0.2) is 30.3 Å². The zero-order chi connectivity index (χ0) is 19.3. The molecule has 0 amide bonds. The summed E-state index contributed by atoms with van der Waals surface area (Å²) in [4.78, 5) is 21.7. The summed E-state index contributed by atoms with van der Waals surface area (Å²) in [7, 11) is 0. The molecule has 1 unspecified atom stereocenters. The SMILES string of the molecule is CCCCCCCCCCCCCCCCCC(=O)OCC(CO)N=O. The molecule has 0 heterocycles. The van der Waals surface area contributed by atoms with E-state index >= 15 is 0 Å². The number of nitroso groups, excluding NO2 is 1. The lowest BCUT2D eigenvalue weighted by atomic mass is 10.0. The van der Waals surface area contributed by atoms with Gasteiger partial charge in [-0.3, -0.25) is 4.79 Å². The molecule has 0 radical (unpaired) electrons. The summed E-state index contributed by atoms with van der Waals surface area (Å²) in [5.41, 5.74) is 0. The van der Waals surface area contributed by atoms with Gasteiger partial charge in [0.15, 0.2) is 0 Å². The first-order valence-corrected chi connectivity index (χ1v) is 10.8. The molecule has 0 aliphatic heterocycles. The number of nitrogens with zero attached hydrogens (tertiary/aromatic N) is 1. The molecule has 0 aromatic heterocycles. The van der Waals surface area contributed by atoms with Crippen molar-refractivity contribution in [3.8, 4) is 0 Å². The minimum absolute atomic E-state index is 0.114. The minimum Gasteiger partial charge on any atom is -0.463 e. The molecule has 1 atom stereocenters. The second-order valence-electron chi connectivity index (χ2n) is 7.32. The number of hydrogen-bond acceptors (Lipinski definition) is 5. The van der Waals surface area contributed by atoms with E-state index in [-0.39, 0.29) is 19.2 Å². The Hall–Kier alpha value is -0.970. The summed E-state index contributed by atoms with van der Waals surface area (Å²) in [6.07, 6.45) is 19.8. The Balaban J connectivity index is 3.19. The average molecular weight is 372 g/mol. The second-order valence-corrected chi connectivity index (χ2v) is 7.32. The highest BCUT2D eigenvalue weighted by Crippen LogP contribution is 2.13. The van der Waals surface area contributed by atoms with Crippen molar-refractivity contribution < 1.29 is 14.6 Å². The Morgan fingerprint density at radius 3 is 1.62 bits per heavy atom. The number of carbonyl (C=O) groups is 1. The Labute approximate surface area is 160 Å². The lowest BCUT2D eigenvalue weighted by Gasteiger charge is -2.07. The van der Waals surface area contributed by atoms with Crippen LogP contribution >= 0.6 is 0 Å². The maximum Gasteiger partial charge on any atom is 0.305 e. The molecular formula is C21H41NO4. The van der Waals surface area contributed by atoms with Crippen LogP contribution in [0.15, 0.2) is 5.18 Å². The van der Waals surface area contributed by atoms with Gasteiger partial charge in [0.2, 0.25) is 0 Å². The molecule has 154 valence electrons. The topological polar surface area (TPSA) is 76.0 Å². The first-order valence-electron chi connectivity index (χ1n) is 10.8. The Bertz CT molecular complexity index is 323. The van der Waals surface area contributed by atoms with Crippen LogP contribution in [0.2, 0.25) is 0 Å². The van der Waals surface area contributed by atoms with Crippen molar-refractivity contribution in [1.82, 2.24) is 0 Å². The summed E-state index contributed by atoms with van der Waals surface area (Å²) in [6.45, 7) is 1.77. The second kappa shape index (κ2) is 20.3. The number of aliphatic hydroxyl groups is 1. The fourth-order valence-corrected chi connectivity index (χ4v) is 3.02. The molecule has 0 aliphatic rings. The molecule has 0 saturated carbocycles. The summed E-state index contributed by atoms with van der Waals surface area (Å²) < 4.78 is 4.91. The fourth-order valence-electron chi connectivity index (χ4n) is 3.02. The van der Waals surface area contributed by atoms with Crippen LogP contribution in [-0.2, 0) is 9.53 Å². The molecule has 1 N–H and O–H groups in total. The molecule has 0 bridgehead atoms. The third-order valence-electron chi connectivity index (χ3n) is 4.78. The number of carbonyl (C=O) groups excluding carboxylic acids is 1. The van der Waals surface area contributed by atoms with Gasteiger partial charge >= 0.3 is 5.97 Å².